The molecule has 0 aliphatic carbocycles. The number of hydrogen-bond acceptors (Lipinski definition) is 8. The number of hydrogen-bond donors (Lipinski definition) is 0. The Morgan fingerprint density at radius 1 is 1.35 bits per heavy atom. The summed E-state index contributed by atoms with van der Waals surface area (Å²) in [4.78, 5) is 20.9. The monoisotopic (exact) mass is 389 g/mol. The van der Waals surface area contributed by atoms with Gasteiger partial charge >= 0.3 is 0 Å². The van der Waals surface area contributed by atoms with Crippen LogP contribution in [0.5, 0.6) is 0 Å². The van der Waals surface area contributed by atoms with E-state index in [0.29, 0.717) is 12.3 Å². The fraction of sp³-hybridized carbons (Fsp3) is 0.471. The molecule has 7 nitrogen and oxygen atoms in total. The molecule has 1 saturated heterocycles. The van der Waals surface area contributed by atoms with Crippen molar-refractivity contribution in [1.29, 1.82) is 0 Å². The topological polar surface area (TPSA) is 85.0 Å². The largest absolute Gasteiger partial charge is 0.355 e. The first-order valence-electron chi connectivity index (χ1n) is 8.52. The number of likely N-dealkylation sites (tertiary alicyclic amines) is 1. The van der Waals surface area contributed by atoms with Crippen molar-refractivity contribution in [3.8, 4) is 10.6 Å². The summed E-state index contributed by atoms with van der Waals surface area (Å²) >= 11 is 2.78. The number of thiazole rings is 1. The van der Waals surface area contributed by atoms with E-state index in [2.05, 4.69) is 19.7 Å². The van der Waals surface area contributed by atoms with Crippen LogP contribution in [0, 0.1) is 20.8 Å². The summed E-state index contributed by atoms with van der Waals surface area (Å²) < 4.78 is 9.52. The van der Waals surface area contributed by atoms with Crippen molar-refractivity contribution in [2.45, 2.75) is 39.5 Å². The number of nitrogens with zero attached hydrogens (tertiary/aromatic N) is 5. The summed E-state index contributed by atoms with van der Waals surface area (Å²) in [6.07, 6.45) is 1.93. The molecule has 9 heteroatoms. The summed E-state index contributed by atoms with van der Waals surface area (Å²) in [7, 11) is 0. The number of piperidine rings is 1. The molecule has 0 saturated carbocycles. The quantitative estimate of drug-likeness (QED) is 0.680. The third-order valence-electron chi connectivity index (χ3n) is 4.56. The minimum atomic E-state index is 0.0676. The van der Waals surface area contributed by atoms with Gasteiger partial charge in [-0.25, -0.2) is 4.98 Å². The number of aryl methyl sites for hydroxylation is 3. The summed E-state index contributed by atoms with van der Waals surface area (Å²) in [5.41, 5.74) is 2.55. The van der Waals surface area contributed by atoms with Crippen molar-refractivity contribution >= 4 is 28.8 Å². The number of carbonyl (C=O) groups is 1. The highest BCUT2D eigenvalue weighted by Gasteiger charge is 2.31. The van der Waals surface area contributed by atoms with Gasteiger partial charge in [-0.2, -0.15) is 0 Å². The molecule has 1 unspecified atom stereocenters. The Kier molecular flexibility index (Phi) is 4.58. The van der Waals surface area contributed by atoms with Crippen molar-refractivity contribution in [2.24, 2.45) is 0 Å². The van der Waals surface area contributed by atoms with Crippen LogP contribution in [0.15, 0.2) is 10.6 Å². The summed E-state index contributed by atoms with van der Waals surface area (Å²) in [5.74, 6) is 0.920. The van der Waals surface area contributed by atoms with Gasteiger partial charge in [0.25, 0.3) is 5.91 Å². The number of amides is 1. The number of rotatable bonds is 3. The summed E-state index contributed by atoms with van der Waals surface area (Å²) in [6, 6.07) is 1.90. The Morgan fingerprint density at radius 3 is 2.88 bits per heavy atom. The maximum absolute atomic E-state index is 12.9. The molecule has 0 spiro atoms. The van der Waals surface area contributed by atoms with E-state index in [9.17, 15) is 4.79 Å². The first-order chi connectivity index (χ1) is 12.5. The number of aromatic nitrogens is 4. The van der Waals surface area contributed by atoms with Gasteiger partial charge in [-0.05, 0) is 45.1 Å². The molecular formula is C17H19N5O2S2. The Labute approximate surface area is 159 Å². The second-order valence-electron chi connectivity index (χ2n) is 6.56. The van der Waals surface area contributed by atoms with Gasteiger partial charge in [-0.15, -0.1) is 16.4 Å². The Morgan fingerprint density at radius 2 is 2.19 bits per heavy atom. The molecule has 3 aromatic rings. The van der Waals surface area contributed by atoms with E-state index in [1.54, 1.807) is 0 Å². The minimum absolute atomic E-state index is 0.0676. The van der Waals surface area contributed by atoms with Gasteiger partial charge in [0.05, 0.1) is 22.1 Å². The van der Waals surface area contributed by atoms with Gasteiger partial charge in [0.2, 0.25) is 0 Å². The average Bonchev–Trinajstić information content (AvgIpc) is 3.34. The average molecular weight is 390 g/mol. The maximum Gasteiger partial charge on any atom is 0.265 e. The van der Waals surface area contributed by atoms with Crippen molar-refractivity contribution < 1.29 is 9.32 Å². The first kappa shape index (κ1) is 17.3. The smallest absolute Gasteiger partial charge is 0.265 e. The Hall–Kier alpha value is -2.13. The lowest BCUT2D eigenvalue weighted by atomic mass is 9.93. The van der Waals surface area contributed by atoms with Gasteiger partial charge in [0, 0.05) is 25.1 Å². The molecule has 4 rings (SSSR count). The SMILES string of the molecule is Cc1cc(-c2snnc2C2CCCN(C(=O)c3sc(C)nc3C)C2)on1. The van der Waals surface area contributed by atoms with Crippen molar-refractivity contribution in [3.05, 3.63) is 33.0 Å². The van der Waals surface area contributed by atoms with Crippen molar-refractivity contribution in [1.82, 2.24) is 24.6 Å². The van der Waals surface area contributed by atoms with E-state index in [1.807, 2.05) is 31.7 Å². The van der Waals surface area contributed by atoms with E-state index in [4.69, 9.17) is 4.52 Å². The third kappa shape index (κ3) is 3.16. The zero-order chi connectivity index (χ0) is 18.3. The van der Waals surface area contributed by atoms with Crippen LogP contribution >= 0.6 is 22.9 Å². The molecule has 26 heavy (non-hydrogen) atoms. The molecule has 0 bridgehead atoms. The fourth-order valence-electron chi connectivity index (χ4n) is 3.36. The lowest BCUT2D eigenvalue weighted by Gasteiger charge is -2.32. The van der Waals surface area contributed by atoms with Gasteiger partial charge in [0.15, 0.2) is 5.76 Å². The van der Waals surface area contributed by atoms with Crippen LogP contribution in [-0.2, 0) is 0 Å². The second-order valence-corrected chi connectivity index (χ2v) is 8.51. The molecule has 0 radical (unpaired) electrons. The van der Waals surface area contributed by atoms with Crippen molar-refractivity contribution in [3.63, 3.8) is 0 Å². The standard InChI is InChI=1S/C17H19N5O2S2/c1-9-7-13(24-20-9)16-14(19-21-26-16)12-5-4-6-22(8-12)17(23)15-10(2)18-11(3)25-15/h7,12H,4-6,8H2,1-3H3. The molecule has 3 aromatic heterocycles. The second kappa shape index (κ2) is 6.88. The van der Waals surface area contributed by atoms with Crippen LogP contribution in [0.2, 0.25) is 0 Å². The molecule has 4 heterocycles. The van der Waals surface area contributed by atoms with Crippen molar-refractivity contribution in [2.75, 3.05) is 13.1 Å². The predicted molar refractivity (Wildman–Crippen MR) is 99.6 cm³/mol. The molecule has 1 amide bonds. The minimum Gasteiger partial charge on any atom is -0.355 e. The normalized spacial score (nSPS) is 17.7. The highest BCUT2D eigenvalue weighted by atomic mass is 32.1. The van der Waals surface area contributed by atoms with Crippen LogP contribution in [-0.4, -0.2) is 43.6 Å². The Bertz CT molecular complexity index is 945. The third-order valence-corrected chi connectivity index (χ3v) is 6.38. The lowest BCUT2D eigenvalue weighted by molar-refractivity contribution is 0.0710. The van der Waals surface area contributed by atoms with E-state index in [1.165, 1.54) is 22.9 Å². The molecule has 0 aromatic carbocycles. The molecule has 1 aliphatic heterocycles. The molecule has 1 fully saturated rings. The highest BCUT2D eigenvalue weighted by molar-refractivity contribution is 7.13. The van der Waals surface area contributed by atoms with Gasteiger partial charge in [0.1, 0.15) is 9.75 Å². The number of carbonyl (C=O) groups excluding carboxylic acids is 1. The van der Waals surface area contributed by atoms with Crippen LogP contribution in [0.25, 0.3) is 10.6 Å². The van der Waals surface area contributed by atoms with Gasteiger partial charge < -0.3 is 9.42 Å². The van der Waals surface area contributed by atoms with E-state index in [-0.39, 0.29) is 11.8 Å². The van der Waals surface area contributed by atoms with E-state index < -0.39 is 0 Å². The van der Waals surface area contributed by atoms with E-state index in [0.717, 1.165) is 51.2 Å². The summed E-state index contributed by atoms with van der Waals surface area (Å²) in [6.45, 7) is 7.12. The predicted octanol–water partition coefficient (Wildman–Crippen LogP) is 3.59. The molecule has 1 atom stereocenters. The lowest BCUT2D eigenvalue weighted by Crippen LogP contribution is -2.39. The molecular weight excluding hydrogens is 370 g/mol. The van der Waals surface area contributed by atoms with Crippen LogP contribution in [0.4, 0.5) is 0 Å². The van der Waals surface area contributed by atoms with Crippen LogP contribution < -0.4 is 0 Å². The molecule has 0 N–H and O–H groups in total. The maximum atomic E-state index is 12.9. The zero-order valence-corrected chi connectivity index (χ0v) is 16.5. The summed E-state index contributed by atoms with van der Waals surface area (Å²) in [5, 5.41) is 9.23. The fourth-order valence-corrected chi connectivity index (χ4v) is 4.95. The molecule has 136 valence electrons. The van der Waals surface area contributed by atoms with E-state index >= 15 is 0 Å². The first-order valence-corrected chi connectivity index (χ1v) is 10.1. The van der Waals surface area contributed by atoms with Gasteiger partial charge in [-0.3, -0.25) is 4.79 Å². The highest BCUT2D eigenvalue weighted by Crippen LogP contribution is 2.36. The van der Waals surface area contributed by atoms with Crippen LogP contribution in [0.3, 0.4) is 0 Å². The Balaban J connectivity index is 1.57. The van der Waals surface area contributed by atoms with Crippen LogP contribution in [0.1, 0.15) is 50.5 Å². The molecule has 1 aliphatic rings. The van der Waals surface area contributed by atoms with Gasteiger partial charge in [-0.1, -0.05) is 9.64 Å². The zero-order valence-electron chi connectivity index (χ0n) is 14.9.